The van der Waals surface area contributed by atoms with Crippen molar-refractivity contribution in [1.29, 1.82) is 0 Å². The number of carbonyl (C=O) groups is 2. The van der Waals surface area contributed by atoms with Gasteiger partial charge in [-0.2, -0.15) is 0 Å². The summed E-state index contributed by atoms with van der Waals surface area (Å²) in [7, 11) is 0. The molecule has 0 bridgehead atoms. The third kappa shape index (κ3) is 2.97. The van der Waals surface area contributed by atoms with Gasteiger partial charge >= 0.3 is 0 Å². The Balaban J connectivity index is 1.70. The fraction of sp³-hybridized carbons (Fsp3) is 0.500. The standard InChI is InChI=1S/C16H19FN2O2S/c1-10-5-6-12(17)7-13(10)18-15(20)14-8-22-9-19(14)16(21)11-3-2-4-11/h5-7,11,14H,2-4,8-9H2,1H3,(H,18,20)/t14-/m0/s1. The second-order valence-electron chi connectivity index (χ2n) is 5.90. The van der Waals surface area contributed by atoms with Crippen molar-refractivity contribution in [2.45, 2.75) is 32.2 Å². The number of amides is 2. The molecule has 1 aliphatic carbocycles. The van der Waals surface area contributed by atoms with Gasteiger partial charge in [0.1, 0.15) is 11.9 Å². The van der Waals surface area contributed by atoms with Crippen LogP contribution < -0.4 is 5.32 Å². The summed E-state index contributed by atoms with van der Waals surface area (Å²) in [5.74, 6) is 0.724. The summed E-state index contributed by atoms with van der Waals surface area (Å²) in [6, 6.07) is 3.85. The van der Waals surface area contributed by atoms with Crippen molar-refractivity contribution in [3.05, 3.63) is 29.6 Å². The van der Waals surface area contributed by atoms with Crippen LogP contribution in [0, 0.1) is 18.7 Å². The summed E-state index contributed by atoms with van der Waals surface area (Å²) in [4.78, 5) is 26.5. The van der Waals surface area contributed by atoms with E-state index < -0.39 is 6.04 Å². The molecule has 2 fully saturated rings. The lowest BCUT2D eigenvalue weighted by atomic mass is 9.84. The molecule has 0 aromatic heterocycles. The minimum atomic E-state index is -0.458. The van der Waals surface area contributed by atoms with Gasteiger partial charge in [0.2, 0.25) is 11.8 Å². The van der Waals surface area contributed by atoms with Gasteiger partial charge in [-0.1, -0.05) is 12.5 Å². The van der Waals surface area contributed by atoms with E-state index >= 15 is 0 Å². The molecule has 4 nitrogen and oxygen atoms in total. The Hall–Kier alpha value is -1.56. The molecule has 1 aromatic carbocycles. The highest BCUT2D eigenvalue weighted by Gasteiger charge is 2.39. The van der Waals surface area contributed by atoms with Gasteiger partial charge < -0.3 is 10.2 Å². The molecular weight excluding hydrogens is 303 g/mol. The number of aryl methyl sites for hydroxylation is 1. The number of hydrogen-bond donors (Lipinski definition) is 1. The monoisotopic (exact) mass is 322 g/mol. The van der Waals surface area contributed by atoms with Crippen LogP contribution >= 0.6 is 11.8 Å². The van der Waals surface area contributed by atoms with Crippen LogP contribution in [0.1, 0.15) is 24.8 Å². The molecule has 0 spiro atoms. The van der Waals surface area contributed by atoms with E-state index in [0.29, 0.717) is 17.3 Å². The first-order chi connectivity index (χ1) is 10.6. The Morgan fingerprint density at radius 1 is 1.36 bits per heavy atom. The van der Waals surface area contributed by atoms with E-state index in [0.717, 1.165) is 24.8 Å². The number of nitrogens with one attached hydrogen (secondary N) is 1. The van der Waals surface area contributed by atoms with E-state index in [1.54, 1.807) is 22.7 Å². The summed E-state index contributed by atoms with van der Waals surface area (Å²) in [6.45, 7) is 1.82. The molecule has 22 heavy (non-hydrogen) atoms. The lowest BCUT2D eigenvalue weighted by Gasteiger charge is -2.31. The van der Waals surface area contributed by atoms with Gasteiger partial charge in [-0.3, -0.25) is 9.59 Å². The fourth-order valence-electron chi connectivity index (χ4n) is 2.71. The van der Waals surface area contributed by atoms with Crippen molar-refractivity contribution < 1.29 is 14.0 Å². The van der Waals surface area contributed by atoms with Gasteiger partial charge in [-0.05, 0) is 37.5 Å². The molecule has 0 radical (unpaired) electrons. The predicted molar refractivity (Wildman–Crippen MR) is 85.1 cm³/mol. The van der Waals surface area contributed by atoms with Gasteiger partial charge in [0.05, 0.1) is 5.88 Å². The van der Waals surface area contributed by atoms with E-state index in [4.69, 9.17) is 0 Å². The lowest BCUT2D eigenvalue weighted by Crippen LogP contribution is -2.48. The summed E-state index contributed by atoms with van der Waals surface area (Å²) in [5.41, 5.74) is 1.27. The molecule has 1 heterocycles. The van der Waals surface area contributed by atoms with Crippen LogP contribution in [0.5, 0.6) is 0 Å². The molecule has 3 rings (SSSR count). The third-order valence-electron chi connectivity index (χ3n) is 4.38. The number of rotatable bonds is 3. The summed E-state index contributed by atoms with van der Waals surface area (Å²) in [5, 5.41) is 2.77. The van der Waals surface area contributed by atoms with E-state index in [1.165, 1.54) is 12.1 Å². The van der Waals surface area contributed by atoms with Crippen LogP contribution in [0.15, 0.2) is 18.2 Å². The maximum atomic E-state index is 13.3. The summed E-state index contributed by atoms with van der Waals surface area (Å²) < 4.78 is 13.3. The van der Waals surface area contributed by atoms with Crippen molar-refractivity contribution in [2.24, 2.45) is 5.92 Å². The molecular formula is C16H19FN2O2S. The molecule has 1 atom stereocenters. The van der Waals surface area contributed by atoms with E-state index in [-0.39, 0.29) is 23.5 Å². The largest absolute Gasteiger partial charge is 0.324 e. The maximum absolute atomic E-state index is 13.3. The quantitative estimate of drug-likeness (QED) is 0.931. The average molecular weight is 322 g/mol. The summed E-state index contributed by atoms with van der Waals surface area (Å²) >= 11 is 1.59. The van der Waals surface area contributed by atoms with Crippen molar-refractivity contribution in [2.75, 3.05) is 16.9 Å². The molecule has 2 aliphatic rings. The Kier molecular flexibility index (Phi) is 4.38. The van der Waals surface area contributed by atoms with Crippen LogP contribution in [-0.4, -0.2) is 34.4 Å². The molecule has 1 aromatic rings. The predicted octanol–water partition coefficient (Wildman–Crippen LogP) is 2.77. The van der Waals surface area contributed by atoms with Gasteiger partial charge in [0, 0.05) is 17.4 Å². The van der Waals surface area contributed by atoms with Gasteiger partial charge in [-0.15, -0.1) is 11.8 Å². The minimum Gasteiger partial charge on any atom is -0.324 e. The molecule has 0 unspecified atom stereocenters. The van der Waals surface area contributed by atoms with Crippen LogP contribution in [0.25, 0.3) is 0 Å². The van der Waals surface area contributed by atoms with Crippen LogP contribution in [0.4, 0.5) is 10.1 Å². The Labute approximate surface area is 133 Å². The molecule has 1 N–H and O–H groups in total. The van der Waals surface area contributed by atoms with Gasteiger partial charge in [-0.25, -0.2) is 4.39 Å². The second kappa shape index (κ2) is 6.28. The van der Waals surface area contributed by atoms with Gasteiger partial charge in [0.25, 0.3) is 0 Å². The molecule has 1 saturated heterocycles. The maximum Gasteiger partial charge on any atom is 0.248 e. The van der Waals surface area contributed by atoms with Crippen LogP contribution in [-0.2, 0) is 9.59 Å². The van der Waals surface area contributed by atoms with E-state index in [9.17, 15) is 14.0 Å². The zero-order valence-corrected chi connectivity index (χ0v) is 13.3. The Morgan fingerprint density at radius 3 is 2.82 bits per heavy atom. The molecule has 1 saturated carbocycles. The number of carbonyl (C=O) groups excluding carboxylic acids is 2. The number of hydrogen-bond acceptors (Lipinski definition) is 3. The highest BCUT2D eigenvalue weighted by molar-refractivity contribution is 7.99. The number of benzene rings is 1. The number of halogens is 1. The average Bonchev–Trinajstić information content (AvgIpc) is 2.90. The van der Waals surface area contributed by atoms with E-state index in [2.05, 4.69) is 5.32 Å². The molecule has 1 aliphatic heterocycles. The third-order valence-corrected chi connectivity index (χ3v) is 5.39. The zero-order valence-electron chi connectivity index (χ0n) is 12.5. The Morgan fingerprint density at radius 2 is 2.14 bits per heavy atom. The molecule has 6 heteroatoms. The van der Waals surface area contributed by atoms with Crippen LogP contribution in [0.3, 0.4) is 0 Å². The highest BCUT2D eigenvalue weighted by atomic mass is 32.2. The molecule has 2 amide bonds. The van der Waals surface area contributed by atoms with Crippen molar-refractivity contribution in [1.82, 2.24) is 4.90 Å². The van der Waals surface area contributed by atoms with Gasteiger partial charge in [0.15, 0.2) is 0 Å². The smallest absolute Gasteiger partial charge is 0.248 e. The van der Waals surface area contributed by atoms with Crippen molar-refractivity contribution >= 4 is 29.3 Å². The highest BCUT2D eigenvalue weighted by Crippen LogP contribution is 2.32. The second-order valence-corrected chi connectivity index (χ2v) is 6.90. The van der Waals surface area contributed by atoms with Crippen LogP contribution in [0.2, 0.25) is 0 Å². The first kappa shape index (κ1) is 15.3. The topological polar surface area (TPSA) is 49.4 Å². The van der Waals surface area contributed by atoms with Crippen molar-refractivity contribution in [3.63, 3.8) is 0 Å². The van der Waals surface area contributed by atoms with E-state index in [1.807, 2.05) is 6.92 Å². The first-order valence-electron chi connectivity index (χ1n) is 7.51. The Bertz CT molecular complexity index is 604. The molecule has 118 valence electrons. The zero-order chi connectivity index (χ0) is 15.7. The minimum absolute atomic E-state index is 0.0879. The van der Waals surface area contributed by atoms with Crippen molar-refractivity contribution in [3.8, 4) is 0 Å². The first-order valence-corrected chi connectivity index (χ1v) is 8.67. The number of nitrogens with zero attached hydrogens (tertiary/aromatic N) is 1. The lowest BCUT2D eigenvalue weighted by molar-refractivity contribution is -0.141. The SMILES string of the molecule is Cc1ccc(F)cc1NC(=O)[C@@H]1CSCN1C(=O)C1CCC1. The summed E-state index contributed by atoms with van der Waals surface area (Å²) in [6.07, 6.45) is 2.95. The fourth-order valence-corrected chi connectivity index (χ4v) is 3.88. The number of anilines is 1. The number of thioether (sulfide) groups is 1. The normalized spacial score (nSPS) is 21.5.